The number of carbonyl (C=O) groups excluding carboxylic acids is 1. The van der Waals surface area contributed by atoms with Crippen LogP contribution in [0, 0.1) is 12.3 Å². The van der Waals surface area contributed by atoms with E-state index in [1.54, 1.807) is 24.3 Å². The third kappa shape index (κ3) is 3.22. The lowest BCUT2D eigenvalue weighted by Gasteiger charge is -2.22. The summed E-state index contributed by atoms with van der Waals surface area (Å²) in [4.78, 5) is 11.6. The molecule has 1 unspecified atom stereocenters. The number of para-hydroxylation sites is 1. The number of hydrogen-bond acceptors (Lipinski definition) is 4. The first-order chi connectivity index (χ1) is 8.81. The van der Waals surface area contributed by atoms with Gasteiger partial charge in [-0.05, 0) is 25.0 Å². The molecular weight excluding hydrogens is 251 g/mol. The first-order valence-corrected chi connectivity index (χ1v) is 6.76. The van der Waals surface area contributed by atoms with Gasteiger partial charge in [0.15, 0.2) is 0 Å². The van der Waals surface area contributed by atoms with Crippen LogP contribution in [0.15, 0.2) is 24.3 Å². The summed E-state index contributed by atoms with van der Waals surface area (Å²) in [6.45, 7) is 0.475. The van der Waals surface area contributed by atoms with Crippen molar-refractivity contribution in [2.75, 3.05) is 6.61 Å². The quantitative estimate of drug-likeness (QED) is 0.465. The van der Waals surface area contributed by atoms with Crippen LogP contribution in [-0.4, -0.2) is 12.6 Å². The van der Waals surface area contributed by atoms with Crippen LogP contribution in [0.4, 0.5) is 0 Å². The van der Waals surface area contributed by atoms with Crippen LogP contribution in [0.2, 0.25) is 0 Å². The molecule has 4 nitrogen and oxygen atoms in total. The van der Waals surface area contributed by atoms with Crippen molar-refractivity contribution in [1.82, 2.24) is 0 Å². The van der Waals surface area contributed by atoms with Gasteiger partial charge in [0, 0.05) is 6.42 Å². The van der Waals surface area contributed by atoms with Crippen molar-refractivity contribution in [2.45, 2.75) is 19.3 Å². The van der Waals surface area contributed by atoms with Crippen molar-refractivity contribution >= 4 is 14.6 Å². The zero-order valence-corrected chi connectivity index (χ0v) is 10.7. The molecule has 0 saturated heterocycles. The van der Waals surface area contributed by atoms with Crippen molar-refractivity contribution in [3.05, 3.63) is 29.8 Å². The van der Waals surface area contributed by atoms with E-state index in [0.29, 0.717) is 17.9 Å². The predicted octanol–water partition coefficient (Wildman–Crippen LogP) is 3.28. The first kappa shape index (κ1) is 12.9. The Bertz CT molecular complexity index is 466. The minimum absolute atomic E-state index is 0.397. The van der Waals surface area contributed by atoms with E-state index in [0.717, 1.165) is 19.3 Å². The van der Waals surface area contributed by atoms with Gasteiger partial charge in [-0.15, -0.1) is 12.3 Å². The average Bonchev–Trinajstić information content (AvgIpc) is 2.39. The lowest BCUT2D eigenvalue weighted by molar-refractivity contribution is 0.0671. The number of rotatable bonds is 5. The third-order valence-corrected chi connectivity index (χ3v) is 3.40. The summed E-state index contributed by atoms with van der Waals surface area (Å²) in [6.07, 6.45) is 7.59. The maximum atomic E-state index is 11.6. The molecule has 1 aromatic carbocycles. The summed E-state index contributed by atoms with van der Waals surface area (Å²) >= 11 is 0. The molecule has 2 rings (SSSR count). The zero-order valence-electron chi connectivity index (χ0n) is 9.80. The van der Waals surface area contributed by atoms with Gasteiger partial charge in [0.05, 0.1) is 6.61 Å². The van der Waals surface area contributed by atoms with Gasteiger partial charge in [-0.2, -0.15) is 0 Å². The van der Waals surface area contributed by atoms with E-state index in [2.05, 4.69) is 5.92 Å². The smallest absolute Gasteiger partial charge is 0.417 e. The van der Waals surface area contributed by atoms with Gasteiger partial charge in [0.1, 0.15) is 11.3 Å². The summed E-state index contributed by atoms with van der Waals surface area (Å²) < 4.78 is 15.9. The Morgan fingerprint density at radius 3 is 2.94 bits per heavy atom. The molecule has 1 atom stereocenters. The zero-order chi connectivity index (χ0) is 12.8. The number of unbranched alkanes of at least 4 members (excludes halogenated alkanes) is 2. The molecule has 5 heteroatoms. The second-order valence-electron chi connectivity index (χ2n) is 3.68. The molecule has 0 aromatic heterocycles. The van der Waals surface area contributed by atoms with E-state index < -0.39 is 14.6 Å². The average molecular weight is 264 g/mol. The van der Waals surface area contributed by atoms with Gasteiger partial charge < -0.3 is 9.05 Å². The van der Waals surface area contributed by atoms with Gasteiger partial charge in [-0.1, -0.05) is 12.1 Å². The summed E-state index contributed by atoms with van der Waals surface area (Å²) in [5.74, 6) is 2.68. The topological polar surface area (TPSA) is 44.8 Å². The molecule has 0 amide bonds. The monoisotopic (exact) mass is 264 g/mol. The fraction of sp³-hybridized carbons (Fsp3) is 0.308. The SMILES string of the molecule is C#CCCCCOP1OC(=O)c2ccccc2O1. The van der Waals surface area contributed by atoms with Crippen LogP contribution < -0.4 is 4.52 Å². The highest BCUT2D eigenvalue weighted by molar-refractivity contribution is 7.43. The first-order valence-electron chi connectivity index (χ1n) is 5.67. The summed E-state index contributed by atoms with van der Waals surface area (Å²) in [7, 11) is -1.62. The molecule has 0 N–H and O–H groups in total. The minimum Gasteiger partial charge on any atom is -0.417 e. The number of terminal acetylenes is 1. The van der Waals surface area contributed by atoms with Crippen molar-refractivity contribution in [3.8, 4) is 18.1 Å². The third-order valence-electron chi connectivity index (χ3n) is 2.35. The molecule has 1 aliphatic heterocycles. The summed E-state index contributed by atoms with van der Waals surface area (Å²) in [5.41, 5.74) is 0.437. The Kier molecular flexibility index (Phi) is 4.58. The molecule has 1 aliphatic rings. The molecule has 1 aromatic rings. The van der Waals surface area contributed by atoms with Crippen LogP contribution in [0.5, 0.6) is 5.75 Å². The van der Waals surface area contributed by atoms with Gasteiger partial charge in [0.25, 0.3) is 0 Å². The Morgan fingerprint density at radius 1 is 1.28 bits per heavy atom. The van der Waals surface area contributed by atoms with Crippen molar-refractivity contribution < 1.29 is 18.4 Å². The van der Waals surface area contributed by atoms with Crippen LogP contribution in [0.25, 0.3) is 0 Å². The Morgan fingerprint density at radius 2 is 2.11 bits per heavy atom. The lowest BCUT2D eigenvalue weighted by Crippen LogP contribution is -2.13. The van der Waals surface area contributed by atoms with E-state index in [-0.39, 0.29) is 0 Å². The number of benzene rings is 1. The highest BCUT2D eigenvalue weighted by Crippen LogP contribution is 2.46. The molecule has 0 radical (unpaired) electrons. The molecule has 0 aliphatic carbocycles. The maximum Gasteiger partial charge on any atom is 0.465 e. The van der Waals surface area contributed by atoms with Crippen molar-refractivity contribution in [3.63, 3.8) is 0 Å². The van der Waals surface area contributed by atoms with Gasteiger partial charge >= 0.3 is 14.6 Å². The largest absolute Gasteiger partial charge is 0.465 e. The summed E-state index contributed by atoms with van der Waals surface area (Å²) in [5, 5.41) is 0. The number of fused-ring (bicyclic) bond motifs is 1. The van der Waals surface area contributed by atoms with Crippen LogP contribution in [-0.2, 0) is 9.05 Å². The van der Waals surface area contributed by atoms with Crippen LogP contribution >= 0.6 is 8.60 Å². The number of carbonyl (C=O) groups is 1. The summed E-state index contributed by atoms with van der Waals surface area (Å²) in [6, 6.07) is 6.96. The van der Waals surface area contributed by atoms with E-state index in [4.69, 9.17) is 20.0 Å². The molecule has 0 fully saturated rings. The molecule has 18 heavy (non-hydrogen) atoms. The molecule has 94 valence electrons. The minimum atomic E-state index is -1.62. The molecule has 0 spiro atoms. The number of hydrogen-bond donors (Lipinski definition) is 0. The highest BCUT2D eigenvalue weighted by atomic mass is 31.2. The Labute approximate surface area is 107 Å². The highest BCUT2D eigenvalue weighted by Gasteiger charge is 2.30. The van der Waals surface area contributed by atoms with E-state index in [1.165, 1.54) is 0 Å². The van der Waals surface area contributed by atoms with Crippen LogP contribution in [0.1, 0.15) is 29.6 Å². The van der Waals surface area contributed by atoms with Gasteiger partial charge in [-0.3, -0.25) is 4.52 Å². The van der Waals surface area contributed by atoms with E-state index in [9.17, 15) is 4.79 Å². The maximum absolute atomic E-state index is 11.6. The van der Waals surface area contributed by atoms with Gasteiger partial charge in [0.2, 0.25) is 0 Å². The molecule has 0 bridgehead atoms. The predicted molar refractivity (Wildman–Crippen MR) is 68.0 cm³/mol. The second-order valence-corrected chi connectivity index (χ2v) is 4.75. The fourth-order valence-electron chi connectivity index (χ4n) is 1.45. The van der Waals surface area contributed by atoms with E-state index in [1.807, 2.05) is 0 Å². The lowest BCUT2D eigenvalue weighted by atomic mass is 10.2. The molecular formula is C13H13O4P. The van der Waals surface area contributed by atoms with Crippen LogP contribution in [0.3, 0.4) is 0 Å². The van der Waals surface area contributed by atoms with Crippen molar-refractivity contribution in [2.24, 2.45) is 0 Å². The molecule has 0 saturated carbocycles. The molecule has 1 heterocycles. The standard InChI is InChI=1S/C13H13O4P/c1-2-3-4-7-10-15-18-16-12-9-6-5-8-11(12)13(14)17-18/h1,5-6,8-9H,3-4,7,10H2. The van der Waals surface area contributed by atoms with Gasteiger partial charge in [-0.25, -0.2) is 4.79 Å². The van der Waals surface area contributed by atoms with Crippen molar-refractivity contribution in [1.29, 1.82) is 0 Å². The Balaban J connectivity index is 1.84. The Hall–Kier alpha value is -1.56. The fourth-order valence-corrected chi connectivity index (χ4v) is 2.43. The normalized spacial score (nSPS) is 17.3. The second kappa shape index (κ2) is 6.39. The van der Waals surface area contributed by atoms with E-state index >= 15 is 0 Å².